The van der Waals surface area contributed by atoms with Gasteiger partial charge in [0, 0.05) is 19.5 Å². The molecule has 0 bridgehead atoms. The first-order chi connectivity index (χ1) is 14.3. The average molecular weight is 415 g/mol. The lowest BCUT2D eigenvalue weighted by atomic mass is 10.0. The third-order valence-corrected chi connectivity index (χ3v) is 4.61. The van der Waals surface area contributed by atoms with Crippen LogP contribution in [0.25, 0.3) is 10.8 Å². The quantitative estimate of drug-likeness (QED) is 0.581. The van der Waals surface area contributed by atoms with Crippen molar-refractivity contribution in [2.45, 2.75) is 39.7 Å². The topological polar surface area (TPSA) is 95.9 Å². The van der Waals surface area contributed by atoms with Crippen LogP contribution < -0.4 is 5.32 Å². The van der Waals surface area contributed by atoms with Gasteiger partial charge in [0.1, 0.15) is 6.04 Å². The molecule has 0 aliphatic carbocycles. The van der Waals surface area contributed by atoms with E-state index in [1.807, 2.05) is 56.3 Å². The number of fused-ring (bicyclic) bond motifs is 1. The number of nitrogens with one attached hydrogen (secondary N) is 1. The van der Waals surface area contributed by atoms with Crippen molar-refractivity contribution < 1.29 is 24.2 Å². The van der Waals surface area contributed by atoms with Crippen LogP contribution in [0, 0.1) is 5.92 Å². The molecule has 2 aromatic rings. The molecule has 0 saturated heterocycles. The van der Waals surface area contributed by atoms with Gasteiger partial charge in [0.2, 0.25) is 0 Å². The molecule has 0 unspecified atom stereocenters. The second-order valence-electron chi connectivity index (χ2n) is 7.62. The highest BCUT2D eigenvalue weighted by atomic mass is 16.5. The zero-order valence-corrected chi connectivity index (χ0v) is 17.8. The number of ether oxygens (including phenoxy) is 1. The van der Waals surface area contributed by atoms with Gasteiger partial charge in [0.25, 0.3) is 0 Å². The van der Waals surface area contributed by atoms with Crippen molar-refractivity contribution in [1.82, 2.24) is 10.2 Å². The van der Waals surface area contributed by atoms with Crippen LogP contribution in [0.1, 0.15) is 32.8 Å². The summed E-state index contributed by atoms with van der Waals surface area (Å²) in [5, 5.41) is 14.3. The van der Waals surface area contributed by atoms with Gasteiger partial charge in [-0.25, -0.2) is 9.59 Å². The zero-order chi connectivity index (χ0) is 22.1. The van der Waals surface area contributed by atoms with Crippen LogP contribution in [0.15, 0.2) is 42.5 Å². The van der Waals surface area contributed by atoms with E-state index in [2.05, 4.69) is 5.32 Å². The minimum atomic E-state index is -1.11. The van der Waals surface area contributed by atoms with Crippen molar-refractivity contribution in [2.75, 3.05) is 19.7 Å². The molecule has 0 aliphatic rings. The molecule has 1 atom stereocenters. The predicted molar refractivity (Wildman–Crippen MR) is 115 cm³/mol. The van der Waals surface area contributed by atoms with Gasteiger partial charge in [0.05, 0.1) is 13.0 Å². The predicted octanol–water partition coefficient (Wildman–Crippen LogP) is 3.46. The fourth-order valence-electron chi connectivity index (χ4n) is 3.22. The van der Waals surface area contributed by atoms with E-state index in [0.717, 1.165) is 16.3 Å². The molecular formula is C23H30N2O5. The number of esters is 1. The lowest BCUT2D eigenvalue weighted by molar-refractivity contribution is -0.143. The van der Waals surface area contributed by atoms with Crippen molar-refractivity contribution in [3.05, 3.63) is 48.0 Å². The van der Waals surface area contributed by atoms with E-state index in [1.54, 1.807) is 6.92 Å². The molecule has 30 heavy (non-hydrogen) atoms. The number of hydrogen-bond acceptors (Lipinski definition) is 4. The van der Waals surface area contributed by atoms with Crippen molar-refractivity contribution in [2.24, 2.45) is 5.92 Å². The summed E-state index contributed by atoms with van der Waals surface area (Å²) in [7, 11) is 0. The summed E-state index contributed by atoms with van der Waals surface area (Å²) in [5.74, 6) is -1.32. The first kappa shape index (κ1) is 23.2. The molecule has 7 nitrogen and oxygen atoms in total. The zero-order valence-electron chi connectivity index (χ0n) is 17.8. The number of nitrogens with zero attached hydrogens (tertiary/aromatic N) is 1. The minimum Gasteiger partial charge on any atom is -0.480 e. The lowest BCUT2D eigenvalue weighted by Gasteiger charge is -2.26. The van der Waals surface area contributed by atoms with Crippen LogP contribution in [0.4, 0.5) is 4.79 Å². The third-order valence-electron chi connectivity index (χ3n) is 4.61. The van der Waals surface area contributed by atoms with E-state index < -0.39 is 18.0 Å². The van der Waals surface area contributed by atoms with Crippen LogP contribution in [0.3, 0.4) is 0 Å². The van der Waals surface area contributed by atoms with E-state index in [1.165, 1.54) is 4.90 Å². The second kappa shape index (κ2) is 11.2. The van der Waals surface area contributed by atoms with Crippen LogP contribution in [0.2, 0.25) is 0 Å². The number of hydrogen-bond donors (Lipinski definition) is 2. The van der Waals surface area contributed by atoms with Crippen LogP contribution in [-0.4, -0.2) is 53.7 Å². The van der Waals surface area contributed by atoms with Gasteiger partial charge >= 0.3 is 18.0 Å². The van der Waals surface area contributed by atoms with Gasteiger partial charge in [-0.3, -0.25) is 4.79 Å². The molecule has 0 saturated carbocycles. The van der Waals surface area contributed by atoms with E-state index in [9.17, 15) is 19.5 Å². The minimum absolute atomic E-state index is 0.0659. The Hall–Kier alpha value is -3.09. The third kappa shape index (κ3) is 7.06. The summed E-state index contributed by atoms with van der Waals surface area (Å²) in [6.45, 7) is 6.49. The number of benzene rings is 2. The molecule has 0 heterocycles. The Labute approximate surface area is 177 Å². The number of carboxylic acids is 1. The largest absolute Gasteiger partial charge is 0.480 e. The summed E-state index contributed by atoms with van der Waals surface area (Å²) >= 11 is 0. The SMILES string of the molecule is CCOC(=O)CCN(CC(C)C)C(=O)N[C@@H](Cc1ccc2ccccc2c1)C(=O)O. The summed E-state index contributed by atoms with van der Waals surface area (Å²) in [6, 6.07) is 12.0. The summed E-state index contributed by atoms with van der Waals surface area (Å²) in [6.07, 6.45) is 0.232. The van der Waals surface area contributed by atoms with Gasteiger partial charge in [-0.1, -0.05) is 56.3 Å². The molecule has 2 aromatic carbocycles. The molecule has 2 rings (SSSR count). The molecule has 0 spiro atoms. The van der Waals surface area contributed by atoms with Gasteiger partial charge in [-0.15, -0.1) is 0 Å². The Morgan fingerprint density at radius 2 is 1.80 bits per heavy atom. The van der Waals surface area contributed by atoms with Gasteiger partial charge < -0.3 is 20.1 Å². The number of rotatable bonds is 10. The molecule has 0 aliphatic heterocycles. The van der Waals surface area contributed by atoms with Crippen LogP contribution >= 0.6 is 0 Å². The molecule has 0 aromatic heterocycles. The average Bonchev–Trinajstić information content (AvgIpc) is 2.70. The Morgan fingerprint density at radius 3 is 2.43 bits per heavy atom. The van der Waals surface area contributed by atoms with Crippen molar-refractivity contribution in [3.8, 4) is 0 Å². The number of carbonyl (C=O) groups is 3. The van der Waals surface area contributed by atoms with E-state index in [-0.39, 0.29) is 37.9 Å². The molecule has 162 valence electrons. The van der Waals surface area contributed by atoms with Gasteiger partial charge in [0.15, 0.2) is 0 Å². The Balaban J connectivity index is 2.08. The van der Waals surface area contributed by atoms with Crippen LogP contribution in [-0.2, 0) is 20.7 Å². The van der Waals surface area contributed by atoms with Crippen molar-refractivity contribution in [1.29, 1.82) is 0 Å². The van der Waals surface area contributed by atoms with E-state index >= 15 is 0 Å². The molecule has 2 N–H and O–H groups in total. The Morgan fingerprint density at radius 1 is 1.10 bits per heavy atom. The van der Waals surface area contributed by atoms with Crippen molar-refractivity contribution in [3.63, 3.8) is 0 Å². The Bertz CT molecular complexity index is 881. The van der Waals surface area contributed by atoms with Gasteiger partial charge in [-0.05, 0) is 29.2 Å². The maximum absolute atomic E-state index is 12.8. The number of urea groups is 1. The number of carbonyl (C=O) groups excluding carboxylic acids is 2. The summed E-state index contributed by atoms with van der Waals surface area (Å²) in [4.78, 5) is 37.7. The fourth-order valence-corrected chi connectivity index (χ4v) is 3.22. The highest BCUT2D eigenvalue weighted by Crippen LogP contribution is 2.17. The number of amides is 2. The smallest absolute Gasteiger partial charge is 0.326 e. The summed E-state index contributed by atoms with van der Waals surface area (Å²) < 4.78 is 4.92. The van der Waals surface area contributed by atoms with Crippen LogP contribution in [0.5, 0.6) is 0 Å². The lowest BCUT2D eigenvalue weighted by Crippen LogP contribution is -2.50. The highest BCUT2D eigenvalue weighted by Gasteiger charge is 2.24. The highest BCUT2D eigenvalue weighted by molar-refractivity contribution is 5.85. The molecule has 7 heteroatoms. The molecule has 0 radical (unpaired) electrons. The Kier molecular flexibility index (Phi) is 8.65. The van der Waals surface area contributed by atoms with E-state index in [4.69, 9.17) is 4.74 Å². The standard InChI is InChI=1S/C23H30N2O5/c1-4-30-21(26)11-12-25(15-16(2)3)23(29)24-20(22(27)28)14-17-9-10-18-7-5-6-8-19(18)13-17/h5-10,13,16,20H,4,11-12,14-15H2,1-3H3,(H,24,29)(H,27,28)/t20-/m0/s1. The molecule has 2 amide bonds. The maximum atomic E-state index is 12.8. The van der Waals surface area contributed by atoms with Crippen molar-refractivity contribution >= 4 is 28.7 Å². The summed E-state index contributed by atoms with van der Waals surface area (Å²) in [5.41, 5.74) is 0.823. The molecule has 0 fully saturated rings. The molecular weight excluding hydrogens is 384 g/mol. The first-order valence-corrected chi connectivity index (χ1v) is 10.2. The maximum Gasteiger partial charge on any atom is 0.326 e. The monoisotopic (exact) mass is 414 g/mol. The number of carboxylic acid groups (broad SMARTS) is 1. The first-order valence-electron chi connectivity index (χ1n) is 10.2. The second-order valence-corrected chi connectivity index (χ2v) is 7.62. The number of aliphatic carboxylic acids is 1. The normalized spacial score (nSPS) is 11.9. The van der Waals surface area contributed by atoms with E-state index in [0.29, 0.717) is 6.54 Å². The fraction of sp³-hybridized carbons (Fsp3) is 0.435. The van der Waals surface area contributed by atoms with Gasteiger partial charge in [-0.2, -0.15) is 0 Å².